The lowest BCUT2D eigenvalue weighted by atomic mass is 10.2. The first-order valence-corrected chi connectivity index (χ1v) is 7.20. The van der Waals surface area contributed by atoms with Crippen molar-refractivity contribution in [3.63, 3.8) is 0 Å². The van der Waals surface area contributed by atoms with Gasteiger partial charge in [-0.05, 0) is 6.42 Å². The van der Waals surface area contributed by atoms with E-state index in [-0.39, 0.29) is 5.12 Å². The van der Waals surface area contributed by atoms with Crippen LogP contribution in [0, 0.1) is 0 Å². The molecular weight excluding hydrogens is 248 g/mol. The second-order valence-electron chi connectivity index (χ2n) is 4.05. The van der Waals surface area contributed by atoms with Crippen LogP contribution >= 0.6 is 11.8 Å². The summed E-state index contributed by atoms with van der Waals surface area (Å²) in [5, 5.41) is 9.64. The maximum atomic E-state index is 11.7. The lowest BCUT2D eigenvalue weighted by Gasteiger charge is -2.10. The summed E-state index contributed by atoms with van der Waals surface area (Å²) in [6.07, 6.45) is 1.50. The Balaban J connectivity index is 2.18. The molecule has 3 nitrogen and oxygen atoms in total. The van der Waals surface area contributed by atoms with Crippen LogP contribution in [-0.4, -0.2) is 35.3 Å². The Labute approximate surface area is 113 Å². The minimum Gasteiger partial charge on any atom is -0.390 e. The topological polar surface area (TPSA) is 46.5 Å². The van der Waals surface area contributed by atoms with E-state index in [1.807, 2.05) is 18.2 Å². The van der Waals surface area contributed by atoms with Gasteiger partial charge in [0.25, 0.3) is 0 Å². The Morgan fingerprint density at radius 1 is 1.39 bits per heavy atom. The zero-order chi connectivity index (χ0) is 13.2. The van der Waals surface area contributed by atoms with Gasteiger partial charge >= 0.3 is 0 Å². The summed E-state index contributed by atoms with van der Waals surface area (Å²) < 4.78 is 5.30. The molecule has 0 heterocycles. The Kier molecular flexibility index (Phi) is 7.73. The van der Waals surface area contributed by atoms with Crippen LogP contribution in [0.25, 0.3) is 0 Å². The van der Waals surface area contributed by atoms with Crippen molar-refractivity contribution in [1.82, 2.24) is 0 Å². The van der Waals surface area contributed by atoms with Gasteiger partial charge in [0.05, 0.1) is 12.7 Å². The maximum Gasteiger partial charge on any atom is 0.219 e. The van der Waals surface area contributed by atoms with E-state index in [9.17, 15) is 9.90 Å². The Hall–Kier alpha value is -0.840. The standard InChI is InChI=1S/C14H20O3S/c1-2-3-9-17-10-13(15)11-18-14(16)12-7-5-4-6-8-12/h4-8,13,15H,2-3,9-11H2,1H3. The number of ether oxygens (including phenoxy) is 1. The minimum atomic E-state index is -0.584. The first-order chi connectivity index (χ1) is 8.74. The van der Waals surface area contributed by atoms with Crippen molar-refractivity contribution < 1.29 is 14.6 Å². The summed E-state index contributed by atoms with van der Waals surface area (Å²) in [7, 11) is 0. The molecule has 1 rings (SSSR count). The zero-order valence-electron chi connectivity index (χ0n) is 10.7. The number of aliphatic hydroxyl groups is 1. The van der Waals surface area contributed by atoms with E-state index < -0.39 is 6.10 Å². The number of hydrogen-bond donors (Lipinski definition) is 1. The van der Waals surface area contributed by atoms with E-state index >= 15 is 0 Å². The van der Waals surface area contributed by atoms with E-state index in [0.29, 0.717) is 24.5 Å². The number of carbonyl (C=O) groups is 1. The smallest absolute Gasteiger partial charge is 0.219 e. The number of carbonyl (C=O) groups excluding carboxylic acids is 1. The summed E-state index contributed by atoms with van der Waals surface area (Å²) in [5.41, 5.74) is 0.668. The number of thioether (sulfide) groups is 1. The minimum absolute atomic E-state index is 0.0109. The van der Waals surface area contributed by atoms with E-state index in [1.165, 1.54) is 0 Å². The third-order valence-corrected chi connectivity index (χ3v) is 3.42. The largest absolute Gasteiger partial charge is 0.390 e. The van der Waals surface area contributed by atoms with Crippen LogP contribution in [0.5, 0.6) is 0 Å². The molecule has 0 aliphatic rings. The fourth-order valence-electron chi connectivity index (χ4n) is 1.34. The fraction of sp³-hybridized carbons (Fsp3) is 0.500. The molecular formula is C14H20O3S. The quantitative estimate of drug-likeness (QED) is 0.736. The van der Waals surface area contributed by atoms with Crippen molar-refractivity contribution in [1.29, 1.82) is 0 Å². The highest BCUT2D eigenvalue weighted by Gasteiger charge is 2.10. The van der Waals surface area contributed by atoms with Gasteiger partial charge < -0.3 is 9.84 Å². The molecule has 0 spiro atoms. The van der Waals surface area contributed by atoms with Crippen LogP contribution in [0.4, 0.5) is 0 Å². The van der Waals surface area contributed by atoms with Crippen molar-refractivity contribution in [2.45, 2.75) is 25.9 Å². The van der Waals surface area contributed by atoms with Gasteiger partial charge in [0.15, 0.2) is 0 Å². The van der Waals surface area contributed by atoms with E-state index in [2.05, 4.69) is 6.92 Å². The first kappa shape index (κ1) is 15.2. The average molecular weight is 268 g/mol. The molecule has 4 heteroatoms. The van der Waals surface area contributed by atoms with Crippen molar-refractivity contribution in [2.75, 3.05) is 19.0 Å². The fourth-order valence-corrected chi connectivity index (χ4v) is 2.09. The molecule has 0 saturated carbocycles. The predicted molar refractivity (Wildman–Crippen MR) is 75.0 cm³/mol. The summed E-state index contributed by atoms with van der Waals surface area (Å²) >= 11 is 1.13. The van der Waals surface area contributed by atoms with Crippen molar-refractivity contribution in [2.24, 2.45) is 0 Å². The Morgan fingerprint density at radius 3 is 2.78 bits per heavy atom. The number of aliphatic hydroxyl groups excluding tert-OH is 1. The van der Waals surface area contributed by atoms with E-state index in [4.69, 9.17) is 4.74 Å². The van der Waals surface area contributed by atoms with Gasteiger partial charge in [-0.1, -0.05) is 55.4 Å². The molecule has 0 saturated heterocycles. The second-order valence-corrected chi connectivity index (χ2v) is 5.04. The Bertz CT molecular complexity index is 340. The summed E-state index contributed by atoms with van der Waals surface area (Å²) in [4.78, 5) is 11.7. The molecule has 0 fully saturated rings. The lowest BCUT2D eigenvalue weighted by molar-refractivity contribution is 0.0473. The molecule has 1 aromatic carbocycles. The first-order valence-electron chi connectivity index (χ1n) is 6.22. The summed E-state index contributed by atoms with van der Waals surface area (Å²) in [6.45, 7) is 3.06. The molecule has 0 amide bonds. The van der Waals surface area contributed by atoms with Crippen LogP contribution in [0.15, 0.2) is 30.3 Å². The van der Waals surface area contributed by atoms with E-state index in [1.54, 1.807) is 12.1 Å². The van der Waals surface area contributed by atoms with Gasteiger partial charge in [0.1, 0.15) is 0 Å². The van der Waals surface area contributed by atoms with Gasteiger partial charge in [-0.15, -0.1) is 0 Å². The molecule has 0 aliphatic heterocycles. The molecule has 1 unspecified atom stereocenters. The number of benzene rings is 1. The molecule has 1 N–H and O–H groups in total. The van der Waals surface area contributed by atoms with Gasteiger partial charge in [-0.3, -0.25) is 4.79 Å². The molecule has 100 valence electrons. The molecule has 0 aliphatic carbocycles. The molecule has 1 atom stereocenters. The molecule has 0 radical (unpaired) electrons. The highest BCUT2D eigenvalue weighted by Crippen LogP contribution is 2.13. The van der Waals surface area contributed by atoms with E-state index in [0.717, 1.165) is 24.6 Å². The van der Waals surface area contributed by atoms with Crippen LogP contribution in [0.1, 0.15) is 30.1 Å². The van der Waals surface area contributed by atoms with Crippen LogP contribution < -0.4 is 0 Å². The van der Waals surface area contributed by atoms with Gasteiger partial charge in [-0.25, -0.2) is 0 Å². The third-order valence-electron chi connectivity index (χ3n) is 2.37. The third kappa shape index (κ3) is 6.19. The molecule has 0 bridgehead atoms. The zero-order valence-corrected chi connectivity index (χ0v) is 11.5. The van der Waals surface area contributed by atoms with Crippen molar-refractivity contribution in [3.05, 3.63) is 35.9 Å². The van der Waals surface area contributed by atoms with Gasteiger partial charge in [0, 0.05) is 17.9 Å². The normalized spacial score (nSPS) is 12.3. The number of unbranched alkanes of at least 4 members (excludes halogenated alkanes) is 1. The SMILES string of the molecule is CCCCOCC(O)CSC(=O)c1ccccc1. The van der Waals surface area contributed by atoms with Crippen LogP contribution in [0.2, 0.25) is 0 Å². The predicted octanol–water partition coefficient (Wildman–Crippen LogP) is 2.74. The Morgan fingerprint density at radius 2 is 2.11 bits per heavy atom. The number of hydrogen-bond acceptors (Lipinski definition) is 4. The van der Waals surface area contributed by atoms with Crippen LogP contribution in [0.3, 0.4) is 0 Å². The highest BCUT2D eigenvalue weighted by molar-refractivity contribution is 8.14. The second kappa shape index (κ2) is 9.14. The highest BCUT2D eigenvalue weighted by atomic mass is 32.2. The van der Waals surface area contributed by atoms with Crippen molar-refractivity contribution in [3.8, 4) is 0 Å². The summed E-state index contributed by atoms with van der Waals surface area (Å²) in [5.74, 6) is 0.375. The number of rotatable bonds is 8. The summed E-state index contributed by atoms with van der Waals surface area (Å²) in [6, 6.07) is 9.09. The molecule has 18 heavy (non-hydrogen) atoms. The average Bonchev–Trinajstić information content (AvgIpc) is 2.42. The van der Waals surface area contributed by atoms with Crippen molar-refractivity contribution >= 4 is 16.9 Å². The lowest BCUT2D eigenvalue weighted by Crippen LogP contribution is -2.19. The maximum absolute atomic E-state index is 11.7. The van der Waals surface area contributed by atoms with Gasteiger partial charge in [0.2, 0.25) is 5.12 Å². The molecule has 1 aromatic rings. The monoisotopic (exact) mass is 268 g/mol. The van der Waals surface area contributed by atoms with Gasteiger partial charge in [-0.2, -0.15) is 0 Å². The van der Waals surface area contributed by atoms with Crippen LogP contribution in [-0.2, 0) is 4.74 Å². The molecule has 0 aromatic heterocycles.